The lowest BCUT2D eigenvalue weighted by Crippen LogP contribution is -2.40. The van der Waals surface area contributed by atoms with Gasteiger partial charge in [0, 0.05) is 30.7 Å². The first-order valence-electron chi connectivity index (χ1n) is 9.23. The van der Waals surface area contributed by atoms with Crippen LogP contribution in [0.1, 0.15) is 33.1 Å². The summed E-state index contributed by atoms with van der Waals surface area (Å²) in [6.45, 7) is 5.74. The molecule has 1 aliphatic rings. The standard InChI is InChI=1S/C20H27N3O3S/c1-14-21-11-16(27-14)13-23-9-5-6-15(12-23)10-22-20(24)17-7-4-8-18(25-2)19(17)26-3/h4,7-8,11,15H,5-6,9-10,12-13H2,1-3H3,(H,22,24)/t15-/m0/s1. The molecule has 2 heterocycles. The van der Waals surface area contributed by atoms with Crippen LogP contribution in [-0.2, 0) is 6.54 Å². The molecule has 7 heteroatoms. The first-order valence-corrected chi connectivity index (χ1v) is 10.0. The second-order valence-electron chi connectivity index (χ2n) is 6.84. The third-order valence-electron chi connectivity index (χ3n) is 4.85. The fraction of sp³-hybridized carbons (Fsp3) is 0.500. The van der Waals surface area contributed by atoms with E-state index < -0.39 is 0 Å². The van der Waals surface area contributed by atoms with E-state index in [0.717, 1.165) is 37.5 Å². The third kappa shape index (κ3) is 4.99. The molecular weight excluding hydrogens is 362 g/mol. The van der Waals surface area contributed by atoms with Crippen LogP contribution >= 0.6 is 11.3 Å². The molecule has 1 aliphatic heterocycles. The number of methoxy groups -OCH3 is 2. The lowest BCUT2D eigenvalue weighted by Gasteiger charge is -2.32. The molecular formula is C20H27N3O3S. The summed E-state index contributed by atoms with van der Waals surface area (Å²) in [5, 5.41) is 4.18. The van der Waals surface area contributed by atoms with E-state index in [9.17, 15) is 4.79 Å². The molecule has 146 valence electrons. The second-order valence-corrected chi connectivity index (χ2v) is 8.16. The van der Waals surface area contributed by atoms with E-state index >= 15 is 0 Å². The van der Waals surface area contributed by atoms with Crippen molar-refractivity contribution < 1.29 is 14.3 Å². The van der Waals surface area contributed by atoms with E-state index in [2.05, 4.69) is 15.2 Å². The van der Waals surface area contributed by atoms with Crippen LogP contribution in [0, 0.1) is 12.8 Å². The zero-order valence-corrected chi connectivity index (χ0v) is 17.0. The van der Waals surface area contributed by atoms with Crippen LogP contribution in [0.25, 0.3) is 0 Å². The number of amides is 1. The van der Waals surface area contributed by atoms with Gasteiger partial charge in [0.25, 0.3) is 5.91 Å². The molecule has 2 aromatic rings. The molecule has 1 atom stereocenters. The van der Waals surface area contributed by atoms with Gasteiger partial charge in [0.15, 0.2) is 11.5 Å². The summed E-state index contributed by atoms with van der Waals surface area (Å²) in [5.41, 5.74) is 0.504. The van der Waals surface area contributed by atoms with Crippen molar-refractivity contribution in [3.8, 4) is 11.5 Å². The summed E-state index contributed by atoms with van der Waals surface area (Å²) in [6, 6.07) is 5.35. The first-order chi connectivity index (χ1) is 13.1. The van der Waals surface area contributed by atoms with E-state index in [1.54, 1.807) is 43.8 Å². The van der Waals surface area contributed by atoms with Gasteiger partial charge in [0.05, 0.1) is 24.8 Å². The van der Waals surface area contributed by atoms with Crippen LogP contribution in [-0.4, -0.2) is 49.6 Å². The molecule has 27 heavy (non-hydrogen) atoms. The summed E-state index contributed by atoms with van der Waals surface area (Å²) < 4.78 is 10.6. The monoisotopic (exact) mass is 389 g/mol. The van der Waals surface area contributed by atoms with Gasteiger partial charge in [0.2, 0.25) is 0 Å². The van der Waals surface area contributed by atoms with Crippen molar-refractivity contribution in [3.05, 3.63) is 39.8 Å². The molecule has 1 amide bonds. The van der Waals surface area contributed by atoms with Crippen molar-refractivity contribution in [1.82, 2.24) is 15.2 Å². The second kappa shape index (κ2) is 9.19. The summed E-state index contributed by atoms with van der Waals surface area (Å²) in [6.07, 6.45) is 4.26. The fourth-order valence-electron chi connectivity index (χ4n) is 3.56. The minimum absolute atomic E-state index is 0.124. The topological polar surface area (TPSA) is 63.7 Å². The number of likely N-dealkylation sites (tertiary alicyclic amines) is 1. The predicted octanol–water partition coefficient (Wildman–Crippen LogP) is 3.11. The molecule has 1 aromatic carbocycles. The van der Waals surface area contributed by atoms with Crippen LogP contribution in [0.3, 0.4) is 0 Å². The highest BCUT2D eigenvalue weighted by Crippen LogP contribution is 2.30. The number of ether oxygens (including phenoxy) is 2. The van der Waals surface area contributed by atoms with Gasteiger partial charge in [-0.2, -0.15) is 0 Å². The van der Waals surface area contributed by atoms with E-state index in [1.165, 1.54) is 4.88 Å². The van der Waals surface area contributed by atoms with Crippen molar-refractivity contribution in [2.24, 2.45) is 5.92 Å². The molecule has 3 rings (SSSR count). The Balaban J connectivity index is 1.55. The molecule has 1 fully saturated rings. The molecule has 0 unspecified atom stereocenters. The Hall–Kier alpha value is -2.12. The summed E-state index contributed by atoms with van der Waals surface area (Å²) in [4.78, 5) is 20.7. The number of para-hydroxylation sites is 1. The van der Waals surface area contributed by atoms with Gasteiger partial charge in [0.1, 0.15) is 0 Å². The largest absolute Gasteiger partial charge is 0.493 e. The Morgan fingerprint density at radius 3 is 2.93 bits per heavy atom. The maximum absolute atomic E-state index is 12.6. The number of carbonyl (C=O) groups is 1. The van der Waals surface area contributed by atoms with Crippen LogP contribution < -0.4 is 14.8 Å². The Labute approximate surface area is 164 Å². The molecule has 1 N–H and O–H groups in total. The number of nitrogens with one attached hydrogen (secondary N) is 1. The molecule has 0 bridgehead atoms. The maximum atomic E-state index is 12.6. The summed E-state index contributed by atoms with van der Waals surface area (Å²) in [7, 11) is 3.12. The van der Waals surface area contributed by atoms with E-state index in [1.807, 2.05) is 13.1 Å². The molecule has 0 radical (unpaired) electrons. The van der Waals surface area contributed by atoms with Gasteiger partial charge in [-0.25, -0.2) is 4.98 Å². The van der Waals surface area contributed by atoms with Gasteiger partial charge in [-0.05, 0) is 44.4 Å². The number of aromatic nitrogens is 1. The average Bonchev–Trinajstić information content (AvgIpc) is 3.10. The van der Waals surface area contributed by atoms with E-state index in [-0.39, 0.29) is 5.91 Å². The maximum Gasteiger partial charge on any atom is 0.255 e. The minimum atomic E-state index is -0.124. The number of rotatable bonds is 7. The normalized spacial score (nSPS) is 17.5. The highest BCUT2D eigenvalue weighted by Gasteiger charge is 2.22. The third-order valence-corrected chi connectivity index (χ3v) is 5.75. The quantitative estimate of drug-likeness (QED) is 0.788. The van der Waals surface area contributed by atoms with E-state index in [0.29, 0.717) is 29.5 Å². The molecule has 0 aliphatic carbocycles. The van der Waals surface area contributed by atoms with Gasteiger partial charge in [-0.1, -0.05) is 6.07 Å². The Morgan fingerprint density at radius 2 is 2.22 bits per heavy atom. The van der Waals surface area contributed by atoms with E-state index in [4.69, 9.17) is 9.47 Å². The predicted molar refractivity (Wildman–Crippen MR) is 107 cm³/mol. The highest BCUT2D eigenvalue weighted by molar-refractivity contribution is 7.11. The number of piperidine rings is 1. The van der Waals surface area contributed by atoms with Crippen LogP contribution in [0.4, 0.5) is 0 Å². The first kappa shape index (κ1) is 19.6. The van der Waals surface area contributed by atoms with Crippen LogP contribution in [0.15, 0.2) is 24.4 Å². The zero-order chi connectivity index (χ0) is 19.2. The summed E-state index contributed by atoms with van der Waals surface area (Å²) >= 11 is 1.76. The SMILES string of the molecule is COc1cccc(C(=O)NC[C@@H]2CCCN(Cc3cnc(C)s3)C2)c1OC. The Morgan fingerprint density at radius 1 is 1.37 bits per heavy atom. The van der Waals surface area contributed by atoms with Gasteiger partial charge in [-0.3, -0.25) is 9.69 Å². The lowest BCUT2D eigenvalue weighted by atomic mass is 9.97. The number of hydrogen-bond donors (Lipinski definition) is 1. The Bertz CT molecular complexity index is 778. The average molecular weight is 390 g/mol. The fourth-order valence-corrected chi connectivity index (χ4v) is 4.40. The molecule has 1 aromatic heterocycles. The number of nitrogens with zero attached hydrogens (tertiary/aromatic N) is 2. The van der Waals surface area contributed by atoms with Crippen LogP contribution in [0.5, 0.6) is 11.5 Å². The lowest BCUT2D eigenvalue weighted by molar-refractivity contribution is 0.0927. The molecule has 6 nitrogen and oxygen atoms in total. The number of thiazole rings is 1. The van der Waals surface area contributed by atoms with Gasteiger partial charge >= 0.3 is 0 Å². The van der Waals surface area contributed by atoms with Gasteiger partial charge < -0.3 is 14.8 Å². The molecule has 0 saturated carbocycles. The van der Waals surface area contributed by atoms with Gasteiger partial charge in [-0.15, -0.1) is 11.3 Å². The van der Waals surface area contributed by atoms with Crippen molar-refractivity contribution >= 4 is 17.2 Å². The minimum Gasteiger partial charge on any atom is -0.493 e. The molecule has 1 saturated heterocycles. The zero-order valence-electron chi connectivity index (χ0n) is 16.2. The van der Waals surface area contributed by atoms with Crippen molar-refractivity contribution in [2.75, 3.05) is 33.9 Å². The van der Waals surface area contributed by atoms with Crippen molar-refractivity contribution in [1.29, 1.82) is 0 Å². The smallest absolute Gasteiger partial charge is 0.255 e. The number of benzene rings is 1. The number of aryl methyl sites for hydroxylation is 1. The van der Waals surface area contributed by atoms with Crippen molar-refractivity contribution in [2.45, 2.75) is 26.3 Å². The van der Waals surface area contributed by atoms with Crippen molar-refractivity contribution in [3.63, 3.8) is 0 Å². The highest BCUT2D eigenvalue weighted by atomic mass is 32.1. The van der Waals surface area contributed by atoms with Crippen LogP contribution in [0.2, 0.25) is 0 Å². The summed E-state index contributed by atoms with van der Waals surface area (Å²) in [5.74, 6) is 1.37. The number of carbonyl (C=O) groups excluding carboxylic acids is 1. The Kier molecular flexibility index (Phi) is 6.68. The molecule has 0 spiro atoms. The number of hydrogen-bond acceptors (Lipinski definition) is 6.